The number of benzene rings is 1. The van der Waals surface area contributed by atoms with Gasteiger partial charge < -0.3 is 10.6 Å². The predicted molar refractivity (Wildman–Crippen MR) is 75.4 cm³/mol. The van der Waals surface area contributed by atoms with E-state index in [2.05, 4.69) is 24.5 Å². The van der Waals surface area contributed by atoms with Crippen molar-refractivity contribution in [3.63, 3.8) is 0 Å². The first-order valence-electron chi connectivity index (χ1n) is 6.45. The van der Waals surface area contributed by atoms with E-state index in [9.17, 15) is 4.39 Å². The zero-order chi connectivity index (χ0) is 13.4. The van der Waals surface area contributed by atoms with Crippen LogP contribution in [0.25, 0.3) is 0 Å². The number of rotatable bonds is 8. The fourth-order valence-electron chi connectivity index (χ4n) is 1.64. The van der Waals surface area contributed by atoms with Gasteiger partial charge in [0.15, 0.2) is 0 Å². The molecule has 18 heavy (non-hydrogen) atoms. The van der Waals surface area contributed by atoms with Crippen LogP contribution < -0.4 is 10.6 Å². The predicted octanol–water partition coefficient (Wildman–Crippen LogP) is 3.20. The van der Waals surface area contributed by atoms with Gasteiger partial charge in [0.2, 0.25) is 0 Å². The fraction of sp³-hybridized carbons (Fsp3) is 0.571. The standard InChI is InChI=1S/C14H22ClFN2/c1-11(2)9-17-7-4-8-18-10-12-5-3-6-13(16)14(12)15/h3,5-6,11,17-18H,4,7-10H2,1-2H3. The first kappa shape index (κ1) is 15.4. The van der Waals surface area contributed by atoms with Crippen molar-refractivity contribution in [2.24, 2.45) is 5.92 Å². The van der Waals surface area contributed by atoms with Crippen molar-refractivity contribution in [2.75, 3.05) is 19.6 Å². The van der Waals surface area contributed by atoms with Crippen molar-refractivity contribution in [1.29, 1.82) is 0 Å². The van der Waals surface area contributed by atoms with Gasteiger partial charge in [-0.1, -0.05) is 37.6 Å². The van der Waals surface area contributed by atoms with E-state index in [0.717, 1.165) is 31.6 Å². The molecule has 0 atom stereocenters. The van der Waals surface area contributed by atoms with E-state index >= 15 is 0 Å². The van der Waals surface area contributed by atoms with Crippen molar-refractivity contribution < 1.29 is 4.39 Å². The Hall–Kier alpha value is -0.640. The molecule has 0 amide bonds. The third-order valence-corrected chi connectivity index (χ3v) is 3.03. The lowest BCUT2D eigenvalue weighted by atomic mass is 10.2. The molecule has 0 bridgehead atoms. The van der Waals surface area contributed by atoms with E-state index in [1.807, 2.05) is 6.07 Å². The zero-order valence-electron chi connectivity index (χ0n) is 11.1. The van der Waals surface area contributed by atoms with E-state index in [4.69, 9.17) is 11.6 Å². The average molecular weight is 273 g/mol. The summed E-state index contributed by atoms with van der Waals surface area (Å²) < 4.78 is 13.2. The molecule has 0 aliphatic rings. The van der Waals surface area contributed by atoms with Gasteiger partial charge in [-0.3, -0.25) is 0 Å². The van der Waals surface area contributed by atoms with Crippen molar-refractivity contribution in [1.82, 2.24) is 10.6 Å². The Balaban J connectivity index is 2.13. The Morgan fingerprint density at radius 2 is 1.94 bits per heavy atom. The van der Waals surface area contributed by atoms with E-state index in [1.165, 1.54) is 6.07 Å². The molecule has 0 aromatic heterocycles. The summed E-state index contributed by atoms with van der Waals surface area (Å²) in [5.41, 5.74) is 0.812. The second-order valence-corrected chi connectivity index (χ2v) is 5.22. The molecule has 0 aliphatic carbocycles. The lowest BCUT2D eigenvalue weighted by Gasteiger charge is -2.09. The first-order chi connectivity index (χ1) is 8.61. The smallest absolute Gasteiger partial charge is 0.142 e. The second kappa shape index (κ2) is 8.46. The van der Waals surface area contributed by atoms with Crippen LogP contribution in [0.5, 0.6) is 0 Å². The van der Waals surface area contributed by atoms with Crippen molar-refractivity contribution in [3.05, 3.63) is 34.6 Å². The summed E-state index contributed by atoms with van der Waals surface area (Å²) in [6.45, 7) is 7.95. The molecule has 102 valence electrons. The third kappa shape index (κ3) is 5.80. The molecule has 0 saturated heterocycles. The Labute approximate surface area is 114 Å². The molecule has 2 nitrogen and oxygen atoms in total. The molecule has 1 aromatic carbocycles. The monoisotopic (exact) mass is 272 g/mol. The van der Waals surface area contributed by atoms with Crippen LogP contribution in [0.3, 0.4) is 0 Å². The number of hydrogen-bond acceptors (Lipinski definition) is 2. The molecule has 0 spiro atoms. The zero-order valence-corrected chi connectivity index (χ0v) is 11.9. The Kier molecular flexibility index (Phi) is 7.25. The minimum absolute atomic E-state index is 0.225. The summed E-state index contributed by atoms with van der Waals surface area (Å²) in [5, 5.41) is 6.87. The van der Waals surface area contributed by atoms with Gasteiger partial charge in [-0.25, -0.2) is 4.39 Å². The summed E-state index contributed by atoms with van der Waals surface area (Å²) in [6, 6.07) is 4.90. The minimum atomic E-state index is -0.352. The summed E-state index contributed by atoms with van der Waals surface area (Å²) in [5.74, 6) is 0.332. The topological polar surface area (TPSA) is 24.1 Å². The normalized spacial score (nSPS) is 11.2. The lowest BCUT2D eigenvalue weighted by Crippen LogP contribution is -2.24. The second-order valence-electron chi connectivity index (χ2n) is 4.84. The summed E-state index contributed by atoms with van der Waals surface area (Å²) in [4.78, 5) is 0. The van der Waals surface area contributed by atoms with E-state index in [0.29, 0.717) is 12.5 Å². The highest BCUT2D eigenvalue weighted by Crippen LogP contribution is 2.19. The van der Waals surface area contributed by atoms with E-state index in [1.54, 1.807) is 6.07 Å². The number of nitrogens with one attached hydrogen (secondary N) is 2. The molecule has 0 radical (unpaired) electrons. The third-order valence-electron chi connectivity index (χ3n) is 2.61. The Morgan fingerprint density at radius 1 is 1.22 bits per heavy atom. The maximum atomic E-state index is 13.2. The molecule has 2 N–H and O–H groups in total. The van der Waals surface area contributed by atoms with Crippen molar-refractivity contribution >= 4 is 11.6 Å². The first-order valence-corrected chi connectivity index (χ1v) is 6.83. The molecule has 1 rings (SSSR count). The maximum absolute atomic E-state index is 13.2. The quantitative estimate of drug-likeness (QED) is 0.710. The Morgan fingerprint density at radius 3 is 2.67 bits per heavy atom. The van der Waals surface area contributed by atoms with Crippen LogP contribution in [0, 0.1) is 11.7 Å². The van der Waals surface area contributed by atoms with Crippen LogP contribution in [0.4, 0.5) is 4.39 Å². The van der Waals surface area contributed by atoms with Gasteiger partial charge in [-0.05, 0) is 43.6 Å². The van der Waals surface area contributed by atoms with Crippen LogP contribution in [-0.2, 0) is 6.54 Å². The molecule has 0 fully saturated rings. The van der Waals surface area contributed by atoms with Gasteiger partial charge in [0.1, 0.15) is 5.82 Å². The molecule has 0 unspecified atom stereocenters. The van der Waals surface area contributed by atoms with Crippen LogP contribution in [0.2, 0.25) is 5.02 Å². The fourth-order valence-corrected chi connectivity index (χ4v) is 1.83. The molecule has 1 aromatic rings. The number of hydrogen-bond donors (Lipinski definition) is 2. The van der Waals surface area contributed by atoms with Gasteiger partial charge >= 0.3 is 0 Å². The molecule has 0 aliphatic heterocycles. The van der Waals surface area contributed by atoms with E-state index in [-0.39, 0.29) is 10.8 Å². The van der Waals surface area contributed by atoms with E-state index < -0.39 is 0 Å². The maximum Gasteiger partial charge on any atom is 0.142 e. The Bertz CT molecular complexity index is 356. The summed E-state index contributed by atoms with van der Waals surface area (Å²) in [7, 11) is 0. The molecular weight excluding hydrogens is 251 g/mol. The van der Waals surface area contributed by atoms with Crippen LogP contribution in [0.15, 0.2) is 18.2 Å². The molecular formula is C14H22ClFN2. The van der Waals surface area contributed by atoms with Crippen LogP contribution in [0.1, 0.15) is 25.8 Å². The molecule has 0 heterocycles. The highest BCUT2D eigenvalue weighted by atomic mass is 35.5. The summed E-state index contributed by atoms with van der Waals surface area (Å²) in [6.07, 6.45) is 1.06. The van der Waals surface area contributed by atoms with Gasteiger partial charge in [0.05, 0.1) is 5.02 Å². The van der Waals surface area contributed by atoms with Crippen LogP contribution in [-0.4, -0.2) is 19.6 Å². The van der Waals surface area contributed by atoms with Crippen molar-refractivity contribution in [3.8, 4) is 0 Å². The SMILES string of the molecule is CC(C)CNCCCNCc1cccc(F)c1Cl. The molecule has 0 saturated carbocycles. The van der Waals surface area contributed by atoms with Gasteiger partial charge in [-0.15, -0.1) is 0 Å². The van der Waals surface area contributed by atoms with Gasteiger partial charge in [-0.2, -0.15) is 0 Å². The van der Waals surface area contributed by atoms with Gasteiger partial charge in [0.25, 0.3) is 0 Å². The average Bonchev–Trinajstić information content (AvgIpc) is 2.32. The minimum Gasteiger partial charge on any atom is -0.316 e. The largest absolute Gasteiger partial charge is 0.316 e. The van der Waals surface area contributed by atoms with Crippen LogP contribution >= 0.6 is 11.6 Å². The highest BCUT2D eigenvalue weighted by Gasteiger charge is 2.04. The van der Waals surface area contributed by atoms with Crippen molar-refractivity contribution in [2.45, 2.75) is 26.8 Å². The molecule has 4 heteroatoms. The highest BCUT2D eigenvalue weighted by molar-refractivity contribution is 6.31. The lowest BCUT2D eigenvalue weighted by molar-refractivity contribution is 0.530. The number of halogens is 2. The van der Waals surface area contributed by atoms with Gasteiger partial charge in [0, 0.05) is 6.54 Å². The summed E-state index contributed by atoms with van der Waals surface area (Å²) >= 11 is 5.86.